The number of hydrogen-bond acceptors (Lipinski definition) is 4. The van der Waals surface area contributed by atoms with E-state index < -0.39 is 10.8 Å². The Hall–Kier alpha value is -1.06. The molecule has 0 aromatic rings. The Bertz CT molecular complexity index is 469. The van der Waals surface area contributed by atoms with Crippen molar-refractivity contribution in [2.24, 2.45) is 28.6 Å². The fourth-order valence-electron chi connectivity index (χ4n) is 4.04. The summed E-state index contributed by atoms with van der Waals surface area (Å²) in [6.45, 7) is 15.2. The van der Waals surface area contributed by atoms with E-state index in [2.05, 4.69) is 13.8 Å². The SMILES string of the molecule is CC(C)COC(=O)CC(CC(C)C)(C(=O)OCC1CCCCC1)C(C)(C)C. The van der Waals surface area contributed by atoms with Crippen molar-refractivity contribution in [2.45, 2.75) is 93.4 Å². The number of carbonyl (C=O) groups is 2. The van der Waals surface area contributed by atoms with Gasteiger partial charge in [0.05, 0.1) is 25.0 Å². The average Bonchev–Trinajstić information content (AvgIpc) is 2.56. The average molecular weight is 383 g/mol. The van der Waals surface area contributed by atoms with Gasteiger partial charge in [-0.3, -0.25) is 9.59 Å². The molecule has 0 bridgehead atoms. The molecule has 0 radical (unpaired) electrons. The van der Waals surface area contributed by atoms with Crippen LogP contribution in [-0.2, 0) is 19.1 Å². The second kappa shape index (κ2) is 10.5. The van der Waals surface area contributed by atoms with Crippen molar-refractivity contribution in [3.8, 4) is 0 Å². The van der Waals surface area contributed by atoms with Crippen LogP contribution in [0.1, 0.15) is 93.4 Å². The van der Waals surface area contributed by atoms with Gasteiger partial charge >= 0.3 is 11.9 Å². The summed E-state index contributed by atoms with van der Waals surface area (Å²) >= 11 is 0. The molecule has 4 heteroatoms. The minimum Gasteiger partial charge on any atom is -0.465 e. The highest BCUT2D eigenvalue weighted by Gasteiger charge is 2.51. The lowest BCUT2D eigenvalue weighted by molar-refractivity contribution is -0.174. The van der Waals surface area contributed by atoms with Crippen LogP contribution in [0.5, 0.6) is 0 Å². The predicted molar refractivity (Wildman–Crippen MR) is 109 cm³/mol. The summed E-state index contributed by atoms with van der Waals surface area (Å²) in [6, 6.07) is 0. The van der Waals surface area contributed by atoms with Gasteiger partial charge in [-0.2, -0.15) is 0 Å². The molecule has 158 valence electrons. The van der Waals surface area contributed by atoms with E-state index in [-0.39, 0.29) is 30.2 Å². The topological polar surface area (TPSA) is 52.6 Å². The second-order valence-electron chi connectivity index (χ2n) is 10.3. The first-order chi connectivity index (χ1) is 12.5. The number of ether oxygens (including phenoxy) is 2. The second-order valence-corrected chi connectivity index (χ2v) is 10.3. The highest BCUT2D eigenvalue weighted by Crippen LogP contribution is 2.48. The molecule has 4 nitrogen and oxygen atoms in total. The molecule has 1 unspecified atom stereocenters. The van der Waals surface area contributed by atoms with Gasteiger partial charge in [-0.05, 0) is 42.4 Å². The van der Waals surface area contributed by atoms with Crippen molar-refractivity contribution in [3.05, 3.63) is 0 Å². The quantitative estimate of drug-likeness (QED) is 0.474. The van der Waals surface area contributed by atoms with Crippen LogP contribution >= 0.6 is 0 Å². The van der Waals surface area contributed by atoms with E-state index in [0.717, 1.165) is 12.8 Å². The highest BCUT2D eigenvalue weighted by atomic mass is 16.5. The van der Waals surface area contributed by atoms with Gasteiger partial charge in [0.1, 0.15) is 0 Å². The van der Waals surface area contributed by atoms with Gasteiger partial charge < -0.3 is 9.47 Å². The van der Waals surface area contributed by atoms with E-state index in [1.807, 2.05) is 34.6 Å². The number of esters is 2. The summed E-state index contributed by atoms with van der Waals surface area (Å²) in [5.74, 6) is 0.502. The maximum Gasteiger partial charge on any atom is 0.313 e. The van der Waals surface area contributed by atoms with E-state index in [1.165, 1.54) is 19.3 Å². The molecule has 0 spiro atoms. The zero-order valence-corrected chi connectivity index (χ0v) is 18.7. The van der Waals surface area contributed by atoms with Crippen molar-refractivity contribution in [2.75, 3.05) is 13.2 Å². The molecule has 0 amide bonds. The van der Waals surface area contributed by atoms with Crippen LogP contribution in [0.2, 0.25) is 0 Å². The first kappa shape index (κ1) is 24.0. The van der Waals surface area contributed by atoms with Gasteiger partial charge in [-0.1, -0.05) is 67.7 Å². The fraction of sp³-hybridized carbons (Fsp3) is 0.913. The Kier molecular flexibility index (Phi) is 9.30. The third-order valence-electron chi connectivity index (χ3n) is 5.78. The molecule has 0 N–H and O–H groups in total. The highest BCUT2D eigenvalue weighted by molar-refractivity contribution is 5.84. The van der Waals surface area contributed by atoms with Crippen LogP contribution in [0.25, 0.3) is 0 Å². The lowest BCUT2D eigenvalue weighted by Gasteiger charge is -2.43. The van der Waals surface area contributed by atoms with E-state index in [9.17, 15) is 9.59 Å². The molecule has 27 heavy (non-hydrogen) atoms. The molecule has 1 aliphatic rings. The summed E-state index contributed by atoms with van der Waals surface area (Å²) < 4.78 is 11.3. The van der Waals surface area contributed by atoms with E-state index >= 15 is 0 Å². The Morgan fingerprint density at radius 1 is 0.926 bits per heavy atom. The Balaban J connectivity index is 2.95. The predicted octanol–water partition coefficient (Wildman–Crippen LogP) is 5.78. The lowest BCUT2D eigenvalue weighted by atomic mass is 9.61. The van der Waals surface area contributed by atoms with Crippen molar-refractivity contribution in [1.29, 1.82) is 0 Å². The van der Waals surface area contributed by atoms with Crippen LogP contribution in [0.4, 0.5) is 0 Å². The first-order valence-corrected chi connectivity index (χ1v) is 10.8. The van der Waals surface area contributed by atoms with Gasteiger partial charge in [0, 0.05) is 0 Å². The minimum absolute atomic E-state index is 0.0882. The molecule has 1 rings (SSSR count). The molecule has 0 aromatic carbocycles. The first-order valence-electron chi connectivity index (χ1n) is 10.8. The van der Waals surface area contributed by atoms with Crippen molar-refractivity contribution < 1.29 is 19.1 Å². The smallest absolute Gasteiger partial charge is 0.313 e. The van der Waals surface area contributed by atoms with E-state index in [0.29, 0.717) is 25.6 Å². The van der Waals surface area contributed by atoms with Gasteiger partial charge in [0.15, 0.2) is 0 Å². The van der Waals surface area contributed by atoms with Crippen molar-refractivity contribution >= 4 is 11.9 Å². The molecular formula is C23H42O4. The third-order valence-corrected chi connectivity index (χ3v) is 5.78. The summed E-state index contributed by atoms with van der Waals surface area (Å²) in [6.07, 6.45) is 6.71. The van der Waals surface area contributed by atoms with Gasteiger partial charge in [-0.25, -0.2) is 0 Å². The zero-order valence-electron chi connectivity index (χ0n) is 18.7. The third kappa shape index (κ3) is 7.46. The van der Waals surface area contributed by atoms with Gasteiger partial charge in [0.25, 0.3) is 0 Å². The Morgan fingerprint density at radius 2 is 1.52 bits per heavy atom. The number of carbonyl (C=O) groups excluding carboxylic acids is 2. The van der Waals surface area contributed by atoms with Gasteiger partial charge in [-0.15, -0.1) is 0 Å². The van der Waals surface area contributed by atoms with Crippen LogP contribution in [0, 0.1) is 28.6 Å². The molecule has 1 aliphatic carbocycles. The Labute approximate surface area is 166 Å². The van der Waals surface area contributed by atoms with E-state index in [4.69, 9.17) is 9.47 Å². The largest absolute Gasteiger partial charge is 0.465 e. The standard InChI is InChI=1S/C23H42O4/c1-17(2)13-23(22(5,6)7,14-20(24)26-15-18(3)4)21(25)27-16-19-11-9-8-10-12-19/h17-19H,8-16H2,1-7H3. The molecular weight excluding hydrogens is 340 g/mol. The van der Waals surface area contributed by atoms with Gasteiger partial charge in [0.2, 0.25) is 0 Å². The summed E-state index contributed by atoms with van der Waals surface area (Å²) in [4.78, 5) is 25.9. The van der Waals surface area contributed by atoms with Crippen LogP contribution < -0.4 is 0 Å². The lowest BCUT2D eigenvalue weighted by Crippen LogP contribution is -2.47. The number of hydrogen-bond donors (Lipinski definition) is 0. The Morgan fingerprint density at radius 3 is 2.00 bits per heavy atom. The molecule has 0 heterocycles. The molecule has 1 atom stereocenters. The monoisotopic (exact) mass is 382 g/mol. The van der Waals surface area contributed by atoms with Crippen LogP contribution in [0.15, 0.2) is 0 Å². The van der Waals surface area contributed by atoms with E-state index in [1.54, 1.807) is 0 Å². The normalized spacial score (nSPS) is 18.4. The fourth-order valence-corrected chi connectivity index (χ4v) is 4.04. The minimum atomic E-state index is -0.857. The number of rotatable bonds is 9. The molecule has 0 aromatic heterocycles. The maximum atomic E-state index is 13.3. The van der Waals surface area contributed by atoms with Crippen molar-refractivity contribution in [1.82, 2.24) is 0 Å². The van der Waals surface area contributed by atoms with Crippen molar-refractivity contribution in [3.63, 3.8) is 0 Å². The van der Waals surface area contributed by atoms with Crippen LogP contribution in [-0.4, -0.2) is 25.2 Å². The maximum absolute atomic E-state index is 13.3. The molecule has 0 saturated heterocycles. The molecule has 1 fully saturated rings. The van der Waals surface area contributed by atoms with Crippen LogP contribution in [0.3, 0.4) is 0 Å². The molecule has 0 aliphatic heterocycles. The summed E-state index contributed by atoms with van der Waals surface area (Å²) in [5, 5.41) is 0. The molecule has 1 saturated carbocycles. The summed E-state index contributed by atoms with van der Waals surface area (Å²) in [5.41, 5.74) is -1.25. The zero-order chi connectivity index (χ0) is 20.7. The summed E-state index contributed by atoms with van der Waals surface area (Å²) in [7, 11) is 0.